The van der Waals surface area contributed by atoms with Crippen LogP contribution in [0.3, 0.4) is 0 Å². The standard InChI is InChI=1S/C19H28BNO3.ClH/c1-18(2)13-10-15(18)19(3)16(11-13)23-20(24-19)17(21)9-12-6-5-7-14(8-12)22-4;/h5-8,13,15-17H,9-11,21H2,1-4H3;1H/t13?,15-,16+,17-,19-;/m0./s1. The van der Waals surface area contributed by atoms with Gasteiger partial charge in [-0.1, -0.05) is 26.0 Å². The summed E-state index contributed by atoms with van der Waals surface area (Å²) in [4.78, 5) is 0. The highest BCUT2D eigenvalue weighted by atomic mass is 35.5. The van der Waals surface area contributed by atoms with Gasteiger partial charge < -0.3 is 19.8 Å². The molecular weight excluding hydrogens is 336 g/mol. The van der Waals surface area contributed by atoms with Gasteiger partial charge in [0, 0.05) is 5.94 Å². The van der Waals surface area contributed by atoms with Gasteiger partial charge in [0.05, 0.1) is 18.8 Å². The van der Waals surface area contributed by atoms with E-state index in [0.717, 1.165) is 30.1 Å². The zero-order chi connectivity index (χ0) is 17.1. The Morgan fingerprint density at radius 1 is 1.32 bits per heavy atom. The van der Waals surface area contributed by atoms with Gasteiger partial charge in [0.2, 0.25) is 0 Å². The molecule has 3 aliphatic carbocycles. The molecule has 25 heavy (non-hydrogen) atoms. The summed E-state index contributed by atoms with van der Waals surface area (Å²) in [5, 5.41) is 0. The van der Waals surface area contributed by atoms with Crippen molar-refractivity contribution in [3.63, 3.8) is 0 Å². The lowest BCUT2D eigenvalue weighted by Gasteiger charge is -2.64. The zero-order valence-electron chi connectivity index (χ0n) is 15.5. The van der Waals surface area contributed by atoms with Gasteiger partial charge in [0.1, 0.15) is 5.75 Å². The largest absolute Gasteiger partial charge is 0.497 e. The van der Waals surface area contributed by atoms with Crippen LogP contribution in [-0.4, -0.2) is 31.9 Å². The number of benzene rings is 1. The minimum Gasteiger partial charge on any atom is -0.497 e. The second-order valence-corrected chi connectivity index (χ2v) is 8.56. The quantitative estimate of drug-likeness (QED) is 0.832. The molecule has 1 aliphatic heterocycles. The molecule has 4 aliphatic rings. The maximum Gasteiger partial charge on any atom is 0.475 e. The number of halogens is 1. The summed E-state index contributed by atoms with van der Waals surface area (Å²) in [5.74, 6) is 2.02. The number of methoxy groups -OCH3 is 1. The van der Waals surface area contributed by atoms with Gasteiger partial charge in [0.15, 0.2) is 0 Å². The Labute approximate surface area is 157 Å². The van der Waals surface area contributed by atoms with Crippen LogP contribution in [0.1, 0.15) is 39.2 Å². The lowest BCUT2D eigenvalue weighted by atomic mass is 9.43. The highest BCUT2D eigenvalue weighted by Crippen LogP contribution is 2.65. The minimum atomic E-state index is -0.318. The van der Waals surface area contributed by atoms with Crippen molar-refractivity contribution in [2.75, 3.05) is 7.11 Å². The van der Waals surface area contributed by atoms with Gasteiger partial charge in [-0.3, -0.25) is 0 Å². The molecule has 0 aromatic heterocycles. The zero-order valence-corrected chi connectivity index (χ0v) is 16.3. The van der Waals surface area contributed by atoms with E-state index in [1.165, 1.54) is 6.42 Å². The van der Waals surface area contributed by atoms with E-state index in [0.29, 0.717) is 11.3 Å². The smallest absolute Gasteiger partial charge is 0.475 e. The van der Waals surface area contributed by atoms with Crippen LogP contribution in [0.5, 0.6) is 5.75 Å². The lowest BCUT2D eigenvalue weighted by Crippen LogP contribution is -2.65. The Balaban J connectivity index is 0.00000182. The minimum absolute atomic E-state index is 0. The molecule has 1 aromatic rings. The SMILES string of the molecule is COc1cccc(C[C@H](N)B2O[C@@H]3CC4C[C@@H](C4(C)C)[C@]3(C)O2)c1.Cl. The predicted molar refractivity (Wildman–Crippen MR) is 102 cm³/mol. The third-order valence-electron chi connectivity index (χ3n) is 6.92. The number of ether oxygens (including phenoxy) is 1. The van der Waals surface area contributed by atoms with Gasteiger partial charge in [-0.2, -0.15) is 0 Å². The average Bonchev–Trinajstić information content (AvgIpc) is 2.92. The van der Waals surface area contributed by atoms with Crippen molar-refractivity contribution in [3.05, 3.63) is 29.8 Å². The molecule has 1 unspecified atom stereocenters. The summed E-state index contributed by atoms with van der Waals surface area (Å²) < 4.78 is 18.0. The highest BCUT2D eigenvalue weighted by Gasteiger charge is 2.68. The Hall–Kier alpha value is -0.745. The van der Waals surface area contributed by atoms with Gasteiger partial charge >= 0.3 is 7.12 Å². The maximum atomic E-state index is 6.45. The second kappa shape index (κ2) is 6.45. The van der Waals surface area contributed by atoms with Gasteiger partial charge in [-0.25, -0.2) is 0 Å². The van der Waals surface area contributed by atoms with Crippen molar-refractivity contribution < 1.29 is 14.0 Å². The summed E-state index contributed by atoms with van der Waals surface area (Å²) in [7, 11) is 1.36. The van der Waals surface area contributed by atoms with E-state index in [4.69, 9.17) is 19.8 Å². The molecule has 4 fully saturated rings. The highest BCUT2D eigenvalue weighted by molar-refractivity contribution is 6.47. The van der Waals surface area contributed by atoms with Crippen molar-refractivity contribution in [1.82, 2.24) is 0 Å². The maximum absolute atomic E-state index is 6.45. The molecule has 2 N–H and O–H groups in total. The molecule has 5 rings (SSSR count). The first kappa shape index (κ1) is 19.0. The van der Waals surface area contributed by atoms with E-state index in [9.17, 15) is 0 Å². The molecule has 4 nitrogen and oxygen atoms in total. The summed E-state index contributed by atoms with van der Waals surface area (Å²) in [6.07, 6.45) is 3.28. The van der Waals surface area contributed by atoms with Crippen molar-refractivity contribution >= 4 is 19.5 Å². The molecule has 5 atom stereocenters. The third kappa shape index (κ3) is 2.89. The fraction of sp³-hybridized carbons (Fsp3) is 0.684. The molecule has 0 radical (unpaired) electrons. The molecule has 1 saturated heterocycles. The fourth-order valence-corrected chi connectivity index (χ4v) is 5.25. The van der Waals surface area contributed by atoms with Crippen molar-refractivity contribution in [1.29, 1.82) is 0 Å². The number of nitrogens with two attached hydrogens (primary N) is 1. The number of rotatable bonds is 4. The van der Waals surface area contributed by atoms with Gasteiger partial charge in [0.25, 0.3) is 0 Å². The van der Waals surface area contributed by atoms with E-state index in [1.807, 2.05) is 18.2 Å². The van der Waals surface area contributed by atoms with Crippen LogP contribution >= 0.6 is 12.4 Å². The molecule has 6 heteroatoms. The van der Waals surface area contributed by atoms with Crippen molar-refractivity contribution in [2.24, 2.45) is 23.0 Å². The van der Waals surface area contributed by atoms with Gasteiger partial charge in [-0.15, -0.1) is 12.4 Å². The van der Waals surface area contributed by atoms with Crippen molar-refractivity contribution in [2.45, 2.75) is 57.7 Å². The average molecular weight is 366 g/mol. The lowest BCUT2D eigenvalue weighted by molar-refractivity contribution is -0.199. The second-order valence-electron chi connectivity index (χ2n) is 8.56. The van der Waals surface area contributed by atoms with E-state index in [1.54, 1.807) is 7.11 Å². The Kier molecular flexibility index (Phi) is 4.91. The van der Waals surface area contributed by atoms with E-state index >= 15 is 0 Å². The van der Waals surface area contributed by atoms with Crippen LogP contribution in [0.25, 0.3) is 0 Å². The monoisotopic (exact) mass is 365 g/mol. The van der Waals surface area contributed by atoms with E-state index < -0.39 is 0 Å². The van der Waals surface area contributed by atoms with Crippen LogP contribution in [-0.2, 0) is 15.7 Å². The molecule has 2 bridgehead atoms. The molecule has 3 saturated carbocycles. The number of hydrogen-bond donors (Lipinski definition) is 1. The fourth-order valence-electron chi connectivity index (χ4n) is 5.25. The first-order chi connectivity index (χ1) is 11.3. The van der Waals surface area contributed by atoms with E-state index in [-0.39, 0.29) is 37.2 Å². The van der Waals surface area contributed by atoms with Crippen LogP contribution < -0.4 is 10.5 Å². The molecule has 138 valence electrons. The van der Waals surface area contributed by atoms with Crippen molar-refractivity contribution in [3.8, 4) is 5.75 Å². The molecule has 1 aromatic carbocycles. The molecular formula is C19H29BClNO3. The summed E-state index contributed by atoms with van der Waals surface area (Å²) in [6.45, 7) is 6.98. The third-order valence-corrected chi connectivity index (χ3v) is 6.92. The summed E-state index contributed by atoms with van der Waals surface area (Å²) in [6, 6.07) is 8.05. The van der Waals surface area contributed by atoms with Crippen LogP contribution in [0.15, 0.2) is 24.3 Å². The Bertz CT molecular complexity index is 643. The van der Waals surface area contributed by atoms with Crippen LogP contribution in [0, 0.1) is 17.3 Å². The predicted octanol–water partition coefficient (Wildman–Crippen LogP) is 3.25. The Morgan fingerprint density at radius 3 is 2.76 bits per heavy atom. The van der Waals surface area contributed by atoms with E-state index in [2.05, 4.69) is 26.8 Å². The number of hydrogen-bond acceptors (Lipinski definition) is 4. The first-order valence-corrected chi connectivity index (χ1v) is 9.06. The summed E-state index contributed by atoms with van der Waals surface area (Å²) in [5.41, 5.74) is 7.78. The topological polar surface area (TPSA) is 53.7 Å². The van der Waals surface area contributed by atoms with Crippen LogP contribution in [0.4, 0.5) is 0 Å². The molecule has 1 heterocycles. The first-order valence-electron chi connectivity index (χ1n) is 9.06. The molecule has 0 amide bonds. The van der Waals surface area contributed by atoms with Gasteiger partial charge in [-0.05, 0) is 61.1 Å². The summed E-state index contributed by atoms with van der Waals surface area (Å²) >= 11 is 0. The normalized spacial score (nSPS) is 36.0. The van der Waals surface area contributed by atoms with Crippen LogP contribution in [0.2, 0.25) is 0 Å². The molecule has 0 spiro atoms. The Morgan fingerprint density at radius 2 is 2.08 bits per heavy atom.